The van der Waals surface area contributed by atoms with Crippen LogP contribution in [-0.4, -0.2) is 39.3 Å². The Hall–Kier alpha value is -0.866. The summed E-state index contributed by atoms with van der Waals surface area (Å²) < 4.78 is 0. The molecule has 120 valence electrons. The summed E-state index contributed by atoms with van der Waals surface area (Å²) in [6, 6.07) is 0. The van der Waals surface area contributed by atoms with E-state index in [1.807, 2.05) is 0 Å². The van der Waals surface area contributed by atoms with E-state index in [-0.39, 0.29) is 16.5 Å². The molecule has 0 saturated heterocycles. The molecule has 0 heterocycles. The van der Waals surface area contributed by atoms with Gasteiger partial charge in [-0.25, -0.2) is 0 Å². The molecule has 10 nitrogen and oxygen atoms in total. The summed E-state index contributed by atoms with van der Waals surface area (Å²) in [5.41, 5.74) is 10.3. The molecule has 0 amide bonds. The Morgan fingerprint density at radius 1 is 0.895 bits per heavy atom. The van der Waals surface area contributed by atoms with Crippen LogP contribution in [0, 0.1) is 20.2 Å². The zero-order valence-electron chi connectivity index (χ0n) is 11.2. The van der Waals surface area contributed by atoms with Crippen LogP contribution < -0.4 is 22.1 Å². The molecule has 0 aliphatic carbocycles. The van der Waals surface area contributed by atoms with E-state index in [2.05, 4.69) is 24.5 Å². The van der Waals surface area contributed by atoms with Crippen LogP contribution in [0.5, 0.6) is 0 Å². The third-order valence-corrected chi connectivity index (χ3v) is 1.14. The first kappa shape index (κ1) is 30.9. The number of hydrogen-bond donors (Lipinski definition) is 4. The summed E-state index contributed by atoms with van der Waals surface area (Å²) in [4.78, 5) is 16.0. The fourth-order valence-electron chi connectivity index (χ4n) is 0.558. The van der Waals surface area contributed by atoms with Crippen LogP contribution in [0.2, 0.25) is 0 Å². The SMILES string of the molecule is CCNCCN.CCNCCN.O=N[O-].O=N[O-].[Ni+2]. The molecule has 19 heavy (non-hydrogen) atoms. The van der Waals surface area contributed by atoms with Gasteiger partial charge in [0, 0.05) is 26.2 Å². The van der Waals surface area contributed by atoms with Crippen LogP contribution in [0.1, 0.15) is 13.8 Å². The number of likely N-dealkylation sites (N-methyl/N-ethyl adjacent to an activating group) is 2. The van der Waals surface area contributed by atoms with Crippen molar-refractivity contribution < 1.29 is 16.5 Å². The number of nitrogens with one attached hydrogen (secondary N) is 2. The van der Waals surface area contributed by atoms with Crippen LogP contribution in [0.25, 0.3) is 0 Å². The monoisotopic (exact) mass is 326 g/mol. The third-order valence-electron chi connectivity index (χ3n) is 1.14. The van der Waals surface area contributed by atoms with Crippen molar-refractivity contribution in [2.45, 2.75) is 13.8 Å². The van der Waals surface area contributed by atoms with Crippen molar-refractivity contribution in [3.05, 3.63) is 20.2 Å². The van der Waals surface area contributed by atoms with Gasteiger partial charge in [-0.1, -0.05) is 13.8 Å². The van der Waals surface area contributed by atoms with E-state index in [1.165, 1.54) is 0 Å². The molecule has 0 aromatic carbocycles. The quantitative estimate of drug-likeness (QED) is 0.220. The van der Waals surface area contributed by atoms with Gasteiger partial charge in [-0.15, -0.1) is 10.7 Å². The predicted molar refractivity (Wildman–Crippen MR) is 73.5 cm³/mol. The Morgan fingerprint density at radius 3 is 1.16 bits per heavy atom. The van der Waals surface area contributed by atoms with Gasteiger partial charge in [0.05, 0.1) is 0 Å². The van der Waals surface area contributed by atoms with Gasteiger partial charge in [-0.05, 0) is 13.1 Å². The summed E-state index contributed by atoms with van der Waals surface area (Å²) in [5, 5.41) is 24.1. The van der Waals surface area contributed by atoms with E-state index in [0.717, 1.165) is 49.9 Å². The molecule has 0 aliphatic heterocycles. The second-order valence-electron chi connectivity index (χ2n) is 2.43. The minimum absolute atomic E-state index is 0. The molecule has 0 aromatic heterocycles. The normalized spacial score (nSPS) is 6.95. The maximum Gasteiger partial charge on any atom is 2.00 e. The van der Waals surface area contributed by atoms with E-state index in [0.29, 0.717) is 0 Å². The maximum absolute atomic E-state index is 8.00. The largest absolute Gasteiger partial charge is 2.00 e. The van der Waals surface area contributed by atoms with E-state index in [4.69, 9.17) is 31.7 Å². The zero-order valence-corrected chi connectivity index (χ0v) is 12.2. The molecule has 0 unspecified atom stereocenters. The number of nitrogens with two attached hydrogens (primary N) is 2. The fourth-order valence-corrected chi connectivity index (χ4v) is 0.558. The average molecular weight is 327 g/mol. The number of hydrogen-bond acceptors (Lipinski definition) is 10. The maximum atomic E-state index is 8.00. The van der Waals surface area contributed by atoms with Crippen molar-refractivity contribution >= 4 is 0 Å². The van der Waals surface area contributed by atoms with Gasteiger partial charge >= 0.3 is 16.5 Å². The van der Waals surface area contributed by atoms with Gasteiger partial charge in [0.25, 0.3) is 0 Å². The van der Waals surface area contributed by atoms with E-state index in [9.17, 15) is 0 Å². The van der Waals surface area contributed by atoms with Crippen molar-refractivity contribution in [3.8, 4) is 0 Å². The summed E-state index contributed by atoms with van der Waals surface area (Å²) in [5.74, 6) is 0. The third kappa shape index (κ3) is 149. The fraction of sp³-hybridized carbons (Fsp3) is 1.00. The molecule has 0 bridgehead atoms. The molecule has 0 fully saturated rings. The first-order chi connectivity index (χ1) is 8.66. The minimum atomic E-state index is 0. The first-order valence-corrected chi connectivity index (χ1v) is 5.38. The van der Waals surface area contributed by atoms with Gasteiger partial charge in [-0.3, -0.25) is 0 Å². The smallest absolute Gasteiger partial charge is 0.444 e. The van der Waals surface area contributed by atoms with Crippen LogP contribution in [-0.2, 0) is 16.5 Å². The van der Waals surface area contributed by atoms with Crippen molar-refractivity contribution in [1.29, 1.82) is 0 Å². The second-order valence-corrected chi connectivity index (χ2v) is 2.43. The number of rotatable bonds is 6. The van der Waals surface area contributed by atoms with Gasteiger partial charge < -0.3 is 42.3 Å². The van der Waals surface area contributed by atoms with Crippen molar-refractivity contribution in [1.82, 2.24) is 10.6 Å². The molecule has 0 aromatic rings. The van der Waals surface area contributed by atoms with Gasteiger partial charge in [-0.2, -0.15) is 0 Å². The second kappa shape index (κ2) is 53.5. The van der Waals surface area contributed by atoms with Gasteiger partial charge in [0.15, 0.2) is 0 Å². The van der Waals surface area contributed by atoms with E-state index < -0.39 is 0 Å². The Labute approximate surface area is 123 Å². The summed E-state index contributed by atoms with van der Waals surface area (Å²) in [6.45, 7) is 9.55. The number of nitrogens with zero attached hydrogens (tertiary/aromatic N) is 2. The molecular weight excluding hydrogens is 303 g/mol. The van der Waals surface area contributed by atoms with Crippen molar-refractivity contribution in [2.24, 2.45) is 22.1 Å². The molecule has 0 radical (unpaired) electrons. The Morgan fingerprint density at radius 2 is 1.11 bits per heavy atom. The molecule has 0 rings (SSSR count). The van der Waals surface area contributed by atoms with Crippen molar-refractivity contribution in [2.75, 3.05) is 39.3 Å². The molecule has 0 aliphatic rings. The summed E-state index contributed by atoms with van der Waals surface area (Å²) in [7, 11) is 0. The first-order valence-electron chi connectivity index (χ1n) is 5.38. The Kier molecular flexibility index (Phi) is 86.8. The van der Waals surface area contributed by atoms with Gasteiger partial charge in [0.1, 0.15) is 0 Å². The molecule has 0 saturated carbocycles. The summed E-state index contributed by atoms with van der Waals surface area (Å²) >= 11 is 0. The topological polar surface area (TPSA) is 181 Å². The minimum Gasteiger partial charge on any atom is -0.444 e. The zero-order chi connectivity index (χ0) is 15.1. The molecule has 11 heteroatoms. The van der Waals surface area contributed by atoms with Crippen LogP contribution >= 0.6 is 0 Å². The average Bonchev–Trinajstić information content (AvgIpc) is 2.36. The Balaban J connectivity index is -0.0000000476. The van der Waals surface area contributed by atoms with E-state index in [1.54, 1.807) is 0 Å². The van der Waals surface area contributed by atoms with Crippen LogP contribution in [0.3, 0.4) is 0 Å². The molecule has 0 spiro atoms. The summed E-state index contributed by atoms with van der Waals surface area (Å²) in [6.07, 6.45) is 0. The van der Waals surface area contributed by atoms with E-state index >= 15 is 0 Å². The molecular formula is C8H24N6NiO4. The molecule has 6 N–H and O–H groups in total. The molecule has 0 atom stereocenters. The van der Waals surface area contributed by atoms with Gasteiger partial charge in [0.2, 0.25) is 0 Å². The van der Waals surface area contributed by atoms with Crippen LogP contribution in [0.4, 0.5) is 0 Å². The Bertz CT molecular complexity index is 114. The standard InChI is InChI=1S/2C4H12N2.2HNO2.Ni/c2*1-2-6-4-3-5;2*2-1-3;/h2*6H,2-5H2,1H3;2*(H,2,3);/q;;;;+2/p-2. The predicted octanol–water partition coefficient (Wildman–Crippen LogP) is -0.392. The van der Waals surface area contributed by atoms with Crippen molar-refractivity contribution in [3.63, 3.8) is 0 Å². The van der Waals surface area contributed by atoms with Crippen LogP contribution in [0.15, 0.2) is 10.7 Å².